The Kier molecular flexibility index (Phi) is 5.86. The summed E-state index contributed by atoms with van der Waals surface area (Å²) in [6.07, 6.45) is 7.23. The van der Waals surface area contributed by atoms with E-state index in [0.29, 0.717) is 53.8 Å². The minimum Gasteiger partial charge on any atom is -0.489 e. The molecule has 0 aliphatic carbocycles. The number of hydrogen-bond acceptors (Lipinski definition) is 6. The van der Waals surface area contributed by atoms with Crippen LogP contribution in [0.5, 0.6) is 5.75 Å². The minimum absolute atomic E-state index is 0.0476. The van der Waals surface area contributed by atoms with E-state index in [1.807, 2.05) is 0 Å². The molecule has 5 heterocycles. The Labute approximate surface area is 207 Å². The van der Waals surface area contributed by atoms with Gasteiger partial charge in [-0.25, -0.2) is 13.9 Å². The zero-order chi connectivity index (χ0) is 24.1. The van der Waals surface area contributed by atoms with Gasteiger partial charge in [0.15, 0.2) is 5.65 Å². The summed E-state index contributed by atoms with van der Waals surface area (Å²) >= 11 is 6.02. The Bertz CT molecular complexity index is 1270. The zero-order valence-corrected chi connectivity index (χ0v) is 20.2. The van der Waals surface area contributed by atoms with Crippen molar-refractivity contribution in [3.05, 3.63) is 58.3 Å². The second-order valence-corrected chi connectivity index (χ2v) is 10.0. The van der Waals surface area contributed by atoms with Gasteiger partial charge in [0.1, 0.15) is 17.7 Å². The summed E-state index contributed by atoms with van der Waals surface area (Å²) < 4.78 is 27.5. The van der Waals surface area contributed by atoms with Gasteiger partial charge in [-0.05, 0) is 37.8 Å². The molecule has 0 spiro atoms. The minimum atomic E-state index is -0.416. The highest BCUT2D eigenvalue weighted by atomic mass is 35.5. The fourth-order valence-electron chi connectivity index (χ4n) is 5.87. The summed E-state index contributed by atoms with van der Waals surface area (Å²) in [4.78, 5) is 22.1. The average Bonchev–Trinajstić information content (AvgIpc) is 3.46. The molecule has 184 valence electrons. The van der Waals surface area contributed by atoms with E-state index >= 15 is 0 Å². The molecule has 0 radical (unpaired) electrons. The van der Waals surface area contributed by atoms with E-state index in [9.17, 15) is 9.18 Å². The van der Waals surface area contributed by atoms with Gasteiger partial charge < -0.3 is 14.4 Å². The Morgan fingerprint density at radius 3 is 2.80 bits per heavy atom. The predicted octanol–water partition coefficient (Wildman–Crippen LogP) is 3.70. The maximum absolute atomic E-state index is 14.2. The highest BCUT2D eigenvalue weighted by Crippen LogP contribution is 2.38. The third kappa shape index (κ3) is 4.15. The Morgan fingerprint density at radius 1 is 1.23 bits per heavy atom. The van der Waals surface area contributed by atoms with Crippen LogP contribution in [0.1, 0.15) is 47.3 Å². The number of carbonyl (C=O) groups excluding carboxylic acids is 1. The quantitative estimate of drug-likeness (QED) is 0.515. The van der Waals surface area contributed by atoms with Gasteiger partial charge in [-0.3, -0.25) is 9.69 Å². The molecule has 10 heteroatoms. The first-order valence-corrected chi connectivity index (χ1v) is 12.4. The number of halogens is 2. The van der Waals surface area contributed by atoms with Gasteiger partial charge in [0, 0.05) is 43.6 Å². The largest absolute Gasteiger partial charge is 0.489 e. The lowest BCUT2D eigenvalue weighted by atomic mass is 9.99. The fraction of sp³-hybridized carbons (Fsp3) is 0.480. The molecule has 3 aromatic rings. The summed E-state index contributed by atoms with van der Waals surface area (Å²) in [6.45, 7) is 2.37. The lowest BCUT2D eigenvalue weighted by Crippen LogP contribution is -2.47. The molecule has 2 aromatic heterocycles. The molecule has 3 aliphatic heterocycles. The number of amides is 1. The molecule has 0 saturated carbocycles. The van der Waals surface area contributed by atoms with Gasteiger partial charge in [0.25, 0.3) is 5.91 Å². The number of hydrogen-bond donors (Lipinski definition) is 0. The van der Waals surface area contributed by atoms with Crippen LogP contribution < -0.4 is 4.74 Å². The molecule has 0 N–H and O–H groups in total. The lowest BCUT2D eigenvalue weighted by molar-refractivity contribution is 0.0322. The van der Waals surface area contributed by atoms with Gasteiger partial charge in [0.05, 0.1) is 42.2 Å². The summed E-state index contributed by atoms with van der Waals surface area (Å²) in [5, 5.41) is 5.03. The molecular weight excluding hydrogens is 473 g/mol. The van der Waals surface area contributed by atoms with Crippen LogP contribution in [0.2, 0.25) is 5.02 Å². The maximum atomic E-state index is 14.2. The lowest BCUT2D eigenvalue weighted by Gasteiger charge is -2.39. The van der Waals surface area contributed by atoms with Crippen LogP contribution in [0, 0.1) is 5.82 Å². The van der Waals surface area contributed by atoms with Crippen molar-refractivity contribution in [2.45, 2.75) is 57.0 Å². The number of fused-ring (bicyclic) bond motifs is 5. The number of aromatic nitrogens is 3. The van der Waals surface area contributed by atoms with Gasteiger partial charge in [-0.15, -0.1) is 0 Å². The van der Waals surface area contributed by atoms with Gasteiger partial charge in [-0.1, -0.05) is 11.6 Å². The fourth-order valence-corrected chi connectivity index (χ4v) is 6.01. The van der Waals surface area contributed by atoms with E-state index in [-0.39, 0.29) is 12.0 Å². The number of piperidine rings is 1. The van der Waals surface area contributed by atoms with Crippen LogP contribution in [0.3, 0.4) is 0 Å². The molecule has 2 saturated heterocycles. The maximum Gasteiger partial charge on any atom is 0.258 e. The first kappa shape index (κ1) is 22.7. The predicted molar refractivity (Wildman–Crippen MR) is 127 cm³/mol. The summed E-state index contributed by atoms with van der Waals surface area (Å²) in [5.41, 5.74) is 2.75. The Hall–Kier alpha value is -2.75. The van der Waals surface area contributed by atoms with E-state index in [1.165, 1.54) is 18.2 Å². The smallest absolute Gasteiger partial charge is 0.258 e. The molecule has 1 amide bonds. The molecule has 2 fully saturated rings. The normalized spacial score (nSPS) is 23.7. The van der Waals surface area contributed by atoms with E-state index < -0.39 is 5.82 Å². The van der Waals surface area contributed by atoms with Crippen molar-refractivity contribution in [3.63, 3.8) is 0 Å². The molecule has 1 aromatic carbocycles. The van der Waals surface area contributed by atoms with Gasteiger partial charge in [-0.2, -0.15) is 5.10 Å². The van der Waals surface area contributed by atoms with Crippen LogP contribution >= 0.6 is 11.6 Å². The number of methoxy groups -OCH3 is 1. The molecule has 3 aliphatic rings. The standard InChI is InChI=1S/C25H27ClFN5O3/c1-34-7-6-31-17-3-4-18(31)10-19(9-17)35-23-8-16(27)2-5-20(23)25(33)30-13-21-22(14-30)29-32-12-15(26)11-28-24(21)32/h2,5,8,11-12,17-19H,3-4,6-7,9-10,13-14H2,1H3/t17-,18-/m0/s1. The van der Waals surface area contributed by atoms with Crippen molar-refractivity contribution in [3.8, 4) is 5.75 Å². The third-order valence-electron chi connectivity index (χ3n) is 7.46. The number of carbonyl (C=O) groups is 1. The van der Waals surface area contributed by atoms with Crippen molar-refractivity contribution >= 4 is 23.2 Å². The molecular formula is C25H27ClFN5O3. The number of benzene rings is 1. The van der Waals surface area contributed by atoms with Crippen molar-refractivity contribution < 1.29 is 18.7 Å². The average molecular weight is 500 g/mol. The highest BCUT2D eigenvalue weighted by molar-refractivity contribution is 6.30. The van der Waals surface area contributed by atoms with Gasteiger partial charge in [0.2, 0.25) is 0 Å². The summed E-state index contributed by atoms with van der Waals surface area (Å²) in [7, 11) is 1.72. The SMILES string of the molecule is COCCN1[C@H]2CC[C@H]1CC(Oc1cc(F)ccc1C(=O)N1Cc3nn4cc(Cl)cnc4c3C1)C2. The van der Waals surface area contributed by atoms with Crippen LogP contribution in [0.15, 0.2) is 30.6 Å². The van der Waals surface area contributed by atoms with Crippen LogP contribution in [-0.4, -0.2) is 68.8 Å². The topological polar surface area (TPSA) is 72.2 Å². The summed E-state index contributed by atoms with van der Waals surface area (Å²) in [6, 6.07) is 5.05. The Morgan fingerprint density at radius 2 is 2.03 bits per heavy atom. The number of rotatable bonds is 6. The van der Waals surface area contributed by atoms with E-state index in [4.69, 9.17) is 21.1 Å². The number of ether oxygens (including phenoxy) is 2. The van der Waals surface area contributed by atoms with Crippen molar-refractivity contribution in [2.75, 3.05) is 20.3 Å². The van der Waals surface area contributed by atoms with Crippen molar-refractivity contribution in [1.29, 1.82) is 0 Å². The summed E-state index contributed by atoms with van der Waals surface area (Å²) in [5.74, 6) is -0.306. The van der Waals surface area contributed by atoms with E-state index in [0.717, 1.165) is 43.5 Å². The van der Waals surface area contributed by atoms with E-state index in [2.05, 4.69) is 15.0 Å². The molecule has 2 bridgehead atoms. The van der Waals surface area contributed by atoms with E-state index in [1.54, 1.807) is 28.9 Å². The van der Waals surface area contributed by atoms with Gasteiger partial charge >= 0.3 is 0 Å². The Balaban J connectivity index is 1.19. The monoisotopic (exact) mass is 499 g/mol. The van der Waals surface area contributed by atoms with Crippen molar-refractivity contribution in [1.82, 2.24) is 24.4 Å². The van der Waals surface area contributed by atoms with Crippen LogP contribution in [-0.2, 0) is 17.8 Å². The first-order valence-electron chi connectivity index (χ1n) is 12.0. The zero-order valence-electron chi connectivity index (χ0n) is 19.5. The molecule has 8 nitrogen and oxygen atoms in total. The molecule has 2 atom stereocenters. The van der Waals surface area contributed by atoms with Crippen LogP contribution in [0.4, 0.5) is 4.39 Å². The first-order chi connectivity index (χ1) is 17.0. The second-order valence-electron chi connectivity index (χ2n) is 9.59. The number of nitrogens with zero attached hydrogens (tertiary/aromatic N) is 5. The van der Waals surface area contributed by atoms with Crippen molar-refractivity contribution in [2.24, 2.45) is 0 Å². The molecule has 6 rings (SSSR count). The van der Waals surface area contributed by atoms with Crippen LogP contribution in [0.25, 0.3) is 5.65 Å². The second kappa shape index (κ2) is 9.04. The highest BCUT2D eigenvalue weighted by Gasteiger charge is 2.41. The molecule has 0 unspecified atom stereocenters. The molecule has 35 heavy (non-hydrogen) atoms. The third-order valence-corrected chi connectivity index (χ3v) is 7.65.